The summed E-state index contributed by atoms with van der Waals surface area (Å²) in [5, 5.41) is 0. The van der Waals surface area contributed by atoms with Gasteiger partial charge in [0.1, 0.15) is 12.4 Å². The van der Waals surface area contributed by atoms with Crippen LogP contribution in [0.1, 0.15) is 49.4 Å². The Morgan fingerprint density at radius 1 is 1.00 bits per heavy atom. The van der Waals surface area contributed by atoms with Crippen LogP contribution in [-0.4, -0.2) is 0 Å². The summed E-state index contributed by atoms with van der Waals surface area (Å²) in [6, 6.07) is 16.5. The summed E-state index contributed by atoms with van der Waals surface area (Å²) in [6.07, 6.45) is 0. The molecule has 20 heavy (non-hydrogen) atoms. The molecule has 2 nitrogen and oxygen atoms in total. The average molecular weight is 269 g/mol. The van der Waals surface area contributed by atoms with Gasteiger partial charge in [-0.2, -0.15) is 0 Å². The molecule has 2 aromatic carbocycles. The minimum atomic E-state index is 0.0515. The molecule has 1 atom stereocenters. The smallest absolute Gasteiger partial charge is 0.123 e. The lowest BCUT2D eigenvalue weighted by Crippen LogP contribution is -2.07. The number of benzene rings is 2. The zero-order valence-electron chi connectivity index (χ0n) is 12.5. The zero-order chi connectivity index (χ0) is 14.5. The van der Waals surface area contributed by atoms with Crippen molar-refractivity contribution in [1.82, 2.24) is 0 Å². The van der Waals surface area contributed by atoms with Crippen molar-refractivity contribution in [1.29, 1.82) is 0 Å². The van der Waals surface area contributed by atoms with E-state index < -0.39 is 0 Å². The van der Waals surface area contributed by atoms with Gasteiger partial charge in [0.15, 0.2) is 0 Å². The third kappa shape index (κ3) is 3.61. The van der Waals surface area contributed by atoms with Gasteiger partial charge in [-0.25, -0.2) is 0 Å². The summed E-state index contributed by atoms with van der Waals surface area (Å²) in [5.41, 5.74) is 9.51. The van der Waals surface area contributed by atoms with E-state index in [0.29, 0.717) is 12.5 Å². The van der Waals surface area contributed by atoms with Crippen LogP contribution in [0.3, 0.4) is 0 Å². The van der Waals surface area contributed by atoms with Crippen molar-refractivity contribution >= 4 is 0 Å². The Hall–Kier alpha value is -1.80. The Labute approximate surface area is 121 Å². The largest absolute Gasteiger partial charge is 0.489 e. The van der Waals surface area contributed by atoms with E-state index in [-0.39, 0.29) is 6.04 Å². The summed E-state index contributed by atoms with van der Waals surface area (Å²) >= 11 is 0. The predicted molar refractivity (Wildman–Crippen MR) is 83.9 cm³/mol. The minimum absolute atomic E-state index is 0.0515. The van der Waals surface area contributed by atoms with E-state index in [1.54, 1.807) is 0 Å². The highest BCUT2D eigenvalue weighted by atomic mass is 16.5. The third-order valence-corrected chi connectivity index (χ3v) is 3.42. The number of hydrogen-bond acceptors (Lipinski definition) is 2. The molecule has 0 aromatic heterocycles. The summed E-state index contributed by atoms with van der Waals surface area (Å²) in [6.45, 7) is 6.95. The Kier molecular flexibility index (Phi) is 4.80. The molecule has 0 heterocycles. The van der Waals surface area contributed by atoms with Gasteiger partial charge in [0.2, 0.25) is 0 Å². The first-order valence-corrected chi connectivity index (χ1v) is 7.14. The maximum Gasteiger partial charge on any atom is 0.123 e. The Balaban J connectivity index is 2.18. The van der Waals surface area contributed by atoms with Gasteiger partial charge in [-0.3, -0.25) is 0 Å². The number of nitrogens with two attached hydrogens (primary N) is 1. The van der Waals surface area contributed by atoms with Crippen molar-refractivity contribution in [3.63, 3.8) is 0 Å². The van der Waals surface area contributed by atoms with E-state index in [0.717, 1.165) is 11.3 Å². The van der Waals surface area contributed by atoms with Gasteiger partial charge >= 0.3 is 0 Å². The standard InChI is InChI=1S/C18H23NO/c1-13(2)17-11-16(14(3)19)9-10-18(17)20-12-15-7-5-4-6-8-15/h4-11,13-14H,12,19H2,1-3H3. The molecular weight excluding hydrogens is 246 g/mol. The van der Waals surface area contributed by atoms with E-state index in [1.807, 2.05) is 31.2 Å². The van der Waals surface area contributed by atoms with Crippen LogP contribution in [-0.2, 0) is 6.61 Å². The second-order valence-corrected chi connectivity index (χ2v) is 5.51. The van der Waals surface area contributed by atoms with E-state index in [4.69, 9.17) is 10.5 Å². The van der Waals surface area contributed by atoms with Gasteiger partial charge in [-0.1, -0.05) is 56.3 Å². The van der Waals surface area contributed by atoms with Crippen molar-refractivity contribution < 1.29 is 4.74 Å². The van der Waals surface area contributed by atoms with E-state index in [1.165, 1.54) is 11.1 Å². The van der Waals surface area contributed by atoms with Crippen LogP contribution < -0.4 is 10.5 Å². The van der Waals surface area contributed by atoms with Gasteiger partial charge in [0.05, 0.1) is 0 Å². The van der Waals surface area contributed by atoms with E-state index in [2.05, 4.69) is 38.1 Å². The lowest BCUT2D eigenvalue weighted by Gasteiger charge is -2.17. The molecule has 0 amide bonds. The molecule has 2 rings (SSSR count). The number of ether oxygens (including phenoxy) is 1. The maximum absolute atomic E-state index is 5.98. The highest BCUT2D eigenvalue weighted by molar-refractivity contribution is 5.40. The molecule has 0 bridgehead atoms. The molecule has 0 aliphatic heterocycles. The first-order chi connectivity index (χ1) is 9.58. The first kappa shape index (κ1) is 14.6. The fraction of sp³-hybridized carbons (Fsp3) is 0.333. The van der Waals surface area contributed by atoms with Crippen LogP contribution >= 0.6 is 0 Å². The topological polar surface area (TPSA) is 35.2 Å². The van der Waals surface area contributed by atoms with Gasteiger partial charge in [-0.15, -0.1) is 0 Å². The molecule has 0 radical (unpaired) electrons. The van der Waals surface area contributed by atoms with Crippen LogP contribution in [0.4, 0.5) is 0 Å². The average Bonchev–Trinajstić information content (AvgIpc) is 2.45. The molecule has 2 N–H and O–H groups in total. The molecule has 0 aliphatic rings. The van der Waals surface area contributed by atoms with Crippen LogP contribution in [0.15, 0.2) is 48.5 Å². The molecule has 0 aliphatic carbocycles. The number of hydrogen-bond donors (Lipinski definition) is 1. The normalized spacial score (nSPS) is 12.4. The zero-order valence-corrected chi connectivity index (χ0v) is 12.5. The van der Waals surface area contributed by atoms with Gasteiger partial charge in [-0.05, 0) is 35.6 Å². The molecule has 2 aromatic rings. The van der Waals surface area contributed by atoms with Crippen molar-refractivity contribution in [2.24, 2.45) is 5.73 Å². The molecule has 0 saturated carbocycles. The van der Waals surface area contributed by atoms with E-state index >= 15 is 0 Å². The Bertz CT molecular complexity index is 547. The Morgan fingerprint density at radius 2 is 1.70 bits per heavy atom. The van der Waals surface area contributed by atoms with Gasteiger partial charge in [0.25, 0.3) is 0 Å². The summed E-state index contributed by atoms with van der Waals surface area (Å²) in [7, 11) is 0. The van der Waals surface area contributed by atoms with E-state index in [9.17, 15) is 0 Å². The monoisotopic (exact) mass is 269 g/mol. The molecule has 1 unspecified atom stereocenters. The summed E-state index contributed by atoms with van der Waals surface area (Å²) in [4.78, 5) is 0. The maximum atomic E-state index is 5.98. The summed E-state index contributed by atoms with van der Waals surface area (Å²) in [5.74, 6) is 1.37. The second kappa shape index (κ2) is 6.58. The molecule has 2 heteroatoms. The third-order valence-electron chi connectivity index (χ3n) is 3.42. The SMILES string of the molecule is CC(C)c1cc(C(C)N)ccc1OCc1ccccc1. The first-order valence-electron chi connectivity index (χ1n) is 7.14. The van der Waals surface area contributed by atoms with Crippen LogP contribution in [0, 0.1) is 0 Å². The fourth-order valence-corrected chi connectivity index (χ4v) is 2.17. The fourth-order valence-electron chi connectivity index (χ4n) is 2.17. The van der Waals surface area contributed by atoms with Crippen molar-refractivity contribution in [3.05, 3.63) is 65.2 Å². The quantitative estimate of drug-likeness (QED) is 0.872. The Morgan fingerprint density at radius 3 is 2.30 bits per heavy atom. The predicted octanol–water partition coefficient (Wildman–Crippen LogP) is 4.41. The molecular formula is C18H23NO. The molecule has 106 valence electrons. The summed E-state index contributed by atoms with van der Waals surface area (Å²) < 4.78 is 5.98. The molecule has 0 fully saturated rings. The lowest BCUT2D eigenvalue weighted by molar-refractivity contribution is 0.301. The molecule has 0 spiro atoms. The van der Waals surface area contributed by atoms with Crippen LogP contribution in [0.2, 0.25) is 0 Å². The highest BCUT2D eigenvalue weighted by Gasteiger charge is 2.11. The van der Waals surface area contributed by atoms with Gasteiger partial charge < -0.3 is 10.5 Å². The van der Waals surface area contributed by atoms with Crippen molar-refractivity contribution in [2.75, 3.05) is 0 Å². The van der Waals surface area contributed by atoms with Crippen LogP contribution in [0.25, 0.3) is 0 Å². The second-order valence-electron chi connectivity index (χ2n) is 5.51. The van der Waals surface area contributed by atoms with Crippen LogP contribution in [0.5, 0.6) is 5.75 Å². The number of rotatable bonds is 5. The van der Waals surface area contributed by atoms with Crippen molar-refractivity contribution in [3.8, 4) is 5.75 Å². The molecule has 0 saturated heterocycles. The minimum Gasteiger partial charge on any atom is -0.489 e. The van der Waals surface area contributed by atoms with Crippen molar-refractivity contribution in [2.45, 2.75) is 39.3 Å². The lowest BCUT2D eigenvalue weighted by atomic mass is 9.97. The van der Waals surface area contributed by atoms with Gasteiger partial charge in [0, 0.05) is 6.04 Å². The highest BCUT2D eigenvalue weighted by Crippen LogP contribution is 2.29.